The van der Waals surface area contributed by atoms with Gasteiger partial charge in [0.15, 0.2) is 17.3 Å². The van der Waals surface area contributed by atoms with Gasteiger partial charge in [-0.15, -0.1) is 10.2 Å². The van der Waals surface area contributed by atoms with E-state index in [0.717, 1.165) is 47.3 Å². The van der Waals surface area contributed by atoms with Gasteiger partial charge in [0.05, 0.1) is 14.2 Å². The van der Waals surface area contributed by atoms with E-state index in [1.807, 2.05) is 28.8 Å². The molecule has 4 rings (SSSR count). The summed E-state index contributed by atoms with van der Waals surface area (Å²) in [6, 6.07) is 5.96. The van der Waals surface area contributed by atoms with Gasteiger partial charge in [-0.05, 0) is 37.0 Å². The largest absolute Gasteiger partial charge is 0.493 e. The highest BCUT2D eigenvalue weighted by Gasteiger charge is 2.29. The van der Waals surface area contributed by atoms with Crippen LogP contribution in [-0.4, -0.2) is 40.3 Å². The Kier molecular flexibility index (Phi) is 4.13. The summed E-state index contributed by atoms with van der Waals surface area (Å²) in [5, 5.41) is 12.0. The third-order valence-electron chi connectivity index (χ3n) is 4.45. The van der Waals surface area contributed by atoms with E-state index >= 15 is 0 Å². The van der Waals surface area contributed by atoms with Crippen molar-refractivity contribution in [3.63, 3.8) is 0 Å². The van der Waals surface area contributed by atoms with E-state index in [1.165, 1.54) is 12.8 Å². The molecule has 0 amide bonds. The monoisotopic (exact) mass is 339 g/mol. The molecular weight excluding hydrogens is 318 g/mol. The first-order valence-corrected chi connectivity index (χ1v) is 8.44. The number of hydrogen-bond acceptors (Lipinski definition) is 6. The molecule has 0 unspecified atom stereocenters. The van der Waals surface area contributed by atoms with E-state index in [9.17, 15) is 0 Å². The highest BCUT2D eigenvalue weighted by molar-refractivity contribution is 5.62. The van der Waals surface area contributed by atoms with Crippen LogP contribution in [0.3, 0.4) is 0 Å². The molecule has 1 aliphatic carbocycles. The molecule has 1 saturated carbocycles. The third kappa shape index (κ3) is 3.09. The highest BCUT2D eigenvalue weighted by atomic mass is 16.5. The number of ether oxygens (including phenoxy) is 2. The fraction of sp³-hybridized carbons (Fsp3) is 0.389. The van der Waals surface area contributed by atoms with Crippen LogP contribution in [0.2, 0.25) is 0 Å². The van der Waals surface area contributed by atoms with Crippen LogP contribution in [-0.2, 0) is 6.42 Å². The van der Waals surface area contributed by atoms with Gasteiger partial charge in [-0.25, -0.2) is 4.98 Å². The molecule has 25 heavy (non-hydrogen) atoms. The minimum Gasteiger partial charge on any atom is -0.493 e. The van der Waals surface area contributed by atoms with Crippen molar-refractivity contribution in [2.24, 2.45) is 0 Å². The molecule has 130 valence electrons. The normalized spacial score (nSPS) is 13.8. The fourth-order valence-electron chi connectivity index (χ4n) is 2.95. The van der Waals surface area contributed by atoms with Crippen LogP contribution in [0.4, 0.5) is 5.82 Å². The third-order valence-corrected chi connectivity index (χ3v) is 4.45. The summed E-state index contributed by atoms with van der Waals surface area (Å²) in [6.07, 6.45) is 6.96. The van der Waals surface area contributed by atoms with Gasteiger partial charge in [0.2, 0.25) is 5.65 Å². The molecule has 0 bridgehead atoms. The molecule has 1 aliphatic rings. The van der Waals surface area contributed by atoms with Crippen molar-refractivity contribution in [2.45, 2.75) is 25.2 Å². The van der Waals surface area contributed by atoms with Crippen LogP contribution in [0.15, 0.2) is 30.6 Å². The van der Waals surface area contributed by atoms with Gasteiger partial charge in [-0.2, -0.15) is 0 Å². The molecule has 0 spiro atoms. The predicted octanol–water partition coefficient (Wildman–Crippen LogP) is 2.67. The molecule has 0 saturated heterocycles. The second-order valence-electron chi connectivity index (χ2n) is 6.17. The summed E-state index contributed by atoms with van der Waals surface area (Å²) in [5.74, 6) is 3.84. The van der Waals surface area contributed by atoms with Crippen molar-refractivity contribution < 1.29 is 9.47 Å². The number of aromatic nitrogens is 4. The van der Waals surface area contributed by atoms with Crippen molar-refractivity contribution in [3.05, 3.63) is 42.0 Å². The molecule has 1 fully saturated rings. The van der Waals surface area contributed by atoms with Crippen LogP contribution in [0.25, 0.3) is 5.65 Å². The lowest BCUT2D eigenvalue weighted by Gasteiger charge is -2.10. The lowest BCUT2D eigenvalue weighted by Crippen LogP contribution is -2.08. The number of hydrogen-bond donors (Lipinski definition) is 1. The summed E-state index contributed by atoms with van der Waals surface area (Å²) in [6.45, 7) is 0.744. The SMILES string of the molecule is COc1ccc(CCNc2nccn3c(C4CC4)nnc23)cc1OC. The number of anilines is 1. The van der Waals surface area contributed by atoms with E-state index in [4.69, 9.17) is 9.47 Å². The molecule has 7 nitrogen and oxygen atoms in total. The first kappa shape index (κ1) is 15.7. The highest BCUT2D eigenvalue weighted by Crippen LogP contribution is 2.39. The van der Waals surface area contributed by atoms with Crippen molar-refractivity contribution in [3.8, 4) is 11.5 Å². The van der Waals surface area contributed by atoms with Gasteiger partial charge >= 0.3 is 0 Å². The van der Waals surface area contributed by atoms with Crippen molar-refractivity contribution in [1.82, 2.24) is 19.6 Å². The molecular formula is C18H21N5O2. The van der Waals surface area contributed by atoms with E-state index in [1.54, 1.807) is 20.4 Å². The Balaban J connectivity index is 1.46. The summed E-state index contributed by atoms with van der Waals surface area (Å²) in [4.78, 5) is 4.41. The summed E-state index contributed by atoms with van der Waals surface area (Å²) in [5.41, 5.74) is 1.95. The zero-order valence-electron chi connectivity index (χ0n) is 14.4. The standard InChI is InChI=1S/C18H21N5O2/c1-24-14-6-3-12(11-15(14)25-2)7-8-19-16-18-22-21-17(13-4-5-13)23(18)10-9-20-16/h3,6,9-11,13H,4-5,7-8H2,1-2H3,(H,19,20). The summed E-state index contributed by atoms with van der Waals surface area (Å²) < 4.78 is 12.7. The molecule has 1 aromatic carbocycles. The lowest BCUT2D eigenvalue weighted by molar-refractivity contribution is 0.354. The summed E-state index contributed by atoms with van der Waals surface area (Å²) >= 11 is 0. The van der Waals surface area contributed by atoms with Crippen molar-refractivity contribution in [1.29, 1.82) is 0 Å². The first-order chi connectivity index (χ1) is 12.3. The Morgan fingerprint density at radius 2 is 2.00 bits per heavy atom. The Bertz CT molecular complexity index is 888. The van der Waals surface area contributed by atoms with Gasteiger partial charge < -0.3 is 14.8 Å². The van der Waals surface area contributed by atoms with Crippen LogP contribution < -0.4 is 14.8 Å². The fourth-order valence-corrected chi connectivity index (χ4v) is 2.95. The van der Waals surface area contributed by atoms with E-state index in [-0.39, 0.29) is 0 Å². The second-order valence-corrected chi connectivity index (χ2v) is 6.17. The predicted molar refractivity (Wildman–Crippen MR) is 94.5 cm³/mol. The van der Waals surface area contributed by atoms with Gasteiger partial charge in [0.1, 0.15) is 5.82 Å². The average molecular weight is 339 g/mol. The van der Waals surface area contributed by atoms with E-state index in [0.29, 0.717) is 5.92 Å². The number of nitrogens with zero attached hydrogens (tertiary/aromatic N) is 4. The lowest BCUT2D eigenvalue weighted by atomic mass is 10.1. The van der Waals surface area contributed by atoms with Gasteiger partial charge in [0.25, 0.3) is 0 Å². The number of benzene rings is 1. The maximum atomic E-state index is 5.35. The van der Waals surface area contributed by atoms with Crippen LogP contribution in [0.1, 0.15) is 30.1 Å². The molecule has 1 N–H and O–H groups in total. The molecule has 0 atom stereocenters. The molecule has 0 aliphatic heterocycles. The van der Waals surface area contributed by atoms with Gasteiger partial charge in [-0.3, -0.25) is 4.40 Å². The van der Waals surface area contributed by atoms with Crippen LogP contribution >= 0.6 is 0 Å². The molecule has 2 aromatic heterocycles. The number of nitrogens with one attached hydrogen (secondary N) is 1. The summed E-state index contributed by atoms with van der Waals surface area (Å²) in [7, 11) is 3.28. The maximum Gasteiger partial charge on any atom is 0.203 e. The number of methoxy groups -OCH3 is 2. The molecule has 2 heterocycles. The minimum atomic E-state index is 0.553. The van der Waals surface area contributed by atoms with Crippen molar-refractivity contribution >= 4 is 11.5 Å². The van der Waals surface area contributed by atoms with Gasteiger partial charge in [0, 0.05) is 24.9 Å². The topological polar surface area (TPSA) is 73.6 Å². The Hall–Kier alpha value is -2.83. The Morgan fingerprint density at radius 3 is 2.76 bits per heavy atom. The van der Waals surface area contributed by atoms with Crippen LogP contribution in [0.5, 0.6) is 11.5 Å². The molecule has 0 radical (unpaired) electrons. The Morgan fingerprint density at radius 1 is 1.16 bits per heavy atom. The smallest absolute Gasteiger partial charge is 0.203 e. The minimum absolute atomic E-state index is 0.553. The maximum absolute atomic E-state index is 5.35. The molecule has 7 heteroatoms. The van der Waals surface area contributed by atoms with Gasteiger partial charge in [-0.1, -0.05) is 6.07 Å². The zero-order chi connectivity index (χ0) is 17.2. The number of rotatable bonds is 7. The van der Waals surface area contributed by atoms with E-state index < -0.39 is 0 Å². The Labute approximate surface area is 146 Å². The number of fused-ring (bicyclic) bond motifs is 1. The second kappa shape index (κ2) is 6.58. The molecule has 3 aromatic rings. The zero-order valence-corrected chi connectivity index (χ0v) is 14.4. The average Bonchev–Trinajstić information content (AvgIpc) is 3.40. The quantitative estimate of drug-likeness (QED) is 0.713. The van der Waals surface area contributed by atoms with Crippen molar-refractivity contribution in [2.75, 3.05) is 26.1 Å². The first-order valence-electron chi connectivity index (χ1n) is 8.44. The van der Waals surface area contributed by atoms with Crippen LogP contribution in [0, 0.1) is 0 Å². The van der Waals surface area contributed by atoms with E-state index in [2.05, 4.69) is 20.5 Å².